The quantitative estimate of drug-likeness (QED) is 0.270. The highest BCUT2D eigenvalue weighted by molar-refractivity contribution is 7.14. The average molecular weight is 558 g/mol. The van der Waals surface area contributed by atoms with Crippen LogP contribution in [0, 0.1) is 5.92 Å². The molecule has 0 spiro atoms. The number of imide groups is 1. The van der Waals surface area contributed by atoms with E-state index < -0.39 is 34.3 Å². The van der Waals surface area contributed by atoms with E-state index in [4.69, 9.17) is 18.9 Å². The molecular weight excluding hydrogens is 528 g/mol. The Morgan fingerprint density at radius 1 is 1.21 bits per heavy atom. The first-order chi connectivity index (χ1) is 18.9. The Kier molecular flexibility index (Phi) is 7.91. The number of benzene rings is 1. The Balaban J connectivity index is 1.55. The molecule has 4 heterocycles. The number of aromatic nitrogens is 1. The summed E-state index contributed by atoms with van der Waals surface area (Å²) in [5.74, 6) is -1.41. The smallest absolute Gasteiger partial charge is 0.433 e. The maximum Gasteiger partial charge on any atom is 0.433 e. The molecule has 0 aliphatic carbocycles. The number of nitrogens with one attached hydrogen (secondary N) is 2. The van der Waals surface area contributed by atoms with E-state index in [0.29, 0.717) is 31.8 Å². The van der Waals surface area contributed by atoms with Crippen molar-refractivity contribution in [2.75, 3.05) is 39.0 Å². The van der Waals surface area contributed by atoms with Crippen LogP contribution in [0.25, 0.3) is 0 Å². The first kappa shape index (κ1) is 26.8. The van der Waals surface area contributed by atoms with Crippen LogP contribution in [-0.2, 0) is 35.0 Å². The van der Waals surface area contributed by atoms with Gasteiger partial charge in [0.2, 0.25) is 12.6 Å². The van der Waals surface area contributed by atoms with Crippen molar-refractivity contribution in [3.63, 3.8) is 0 Å². The van der Waals surface area contributed by atoms with Gasteiger partial charge in [-0.25, -0.2) is 19.4 Å². The van der Waals surface area contributed by atoms with Gasteiger partial charge in [0, 0.05) is 31.4 Å². The molecule has 3 aliphatic heterocycles. The van der Waals surface area contributed by atoms with Crippen LogP contribution in [0.15, 0.2) is 47.4 Å². The van der Waals surface area contributed by atoms with E-state index >= 15 is 0 Å². The summed E-state index contributed by atoms with van der Waals surface area (Å²) in [6.45, 7) is 0.607. The van der Waals surface area contributed by atoms with E-state index in [1.54, 1.807) is 0 Å². The number of allylic oxidation sites excluding steroid dienone is 1. The summed E-state index contributed by atoms with van der Waals surface area (Å²) in [7, 11) is 1.24. The van der Waals surface area contributed by atoms with Crippen LogP contribution >= 0.6 is 11.3 Å². The van der Waals surface area contributed by atoms with E-state index in [1.165, 1.54) is 12.5 Å². The van der Waals surface area contributed by atoms with Crippen LogP contribution in [0.2, 0.25) is 0 Å². The lowest BCUT2D eigenvalue weighted by molar-refractivity contribution is -0.764. The Labute approximate surface area is 228 Å². The Morgan fingerprint density at radius 3 is 2.67 bits per heavy atom. The summed E-state index contributed by atoms with van der Waals surface area (Å²) in [6, 6.07) is 7.59. The molecule has 1 aromatic heterocycles. The fraction of sp³-hybridized carbons (Fsp3) is 0.423. The van der Waals surface area contributed by atoms with E-state index in [0.717, 1.165) is 16.9 Å². The summed E-state index contributed by atoms with van der Waals surface area (Å²) < 4.78 is 20.9. The topological polar surface area (TPSA) is 142 Å². The highest BCUT2D eigenvalue weighted by Crippen LogP contribution is 2.39. The fourth-order valence-corrected chi connectivity index (χ4v) is 5.82. The van der Waals surface area contributed by atoms with Gasteiger partial charge in [0.25, 0.3) is 5.91 Å². The minimum Gasteiger partial charge on any atom is -0.464 e. The molecule has 1 aromatic carbocycles. The summed E-state index contributed by atoms with van der Waals surface area (Å²) >= 11 is 1.04. The molecule has 206 valence electrons. The molecule has 13 heteroatoms. The number of thiazole rings is 1. The first-order valence-corrected chi connectivity index (χ1v) is 13.5. The molecule has 0 saturated carbocycles. The van der Waals surface area contributed by atoms with Crippen molar-refractivity contribution in [2.24, 2.45) is 5.92 Å². The minimum absolute atomic E-state index is 0.0143. The molecule has 5 rings (SSSR count). The van der Waals surface area contributed by atoms with Gasteiger partial charge in [0.1, 0.15) is 6.54 Å². The Hall–Kier alpha value is -3.81. The summed E-state index contributed by atoms with van der Waals surface area (Å²) in [6.07, 6.45) is 1.85. The molecule has 2 aromatic rings. The number of hydrogen-bond donors (Lipinski definition) is 2. The third kappa shape index (κ3) is 5.24. The van der Waals surface area contributed by atoms with E-state index in [2.05, 4.69) is 15.6 Å². The highest BCUT2D eigenvalue weighted by Gasteiger charge is 2.65. The lowest BCUT2D eigenvalue weighted by Gasteiger charge is -2.35. The maximum absolute atomic E-state index is 14.0. The van der Waals surface area contributed by atoms with Crippen LogP contribution in [0.5, 0.6) is 0 Å². The minimum atomic E-state index is -1.18. The van der Waals surface area contributed by atoms with Gasteiger partial charge >= 0.3 is 23.8 Å². The second-order valence-electron chi connectivity index (χ2n) is 9.40. The van der Waals surface area contributed by atoms with Crippen molar-refractivity contribution >= 4 is 40.3 Å². The van der Waals surface area contributed by atoms with E-state index in [9.17, 15) is 19.2 Å². The molecular formula is C26H29N4O8S+. The van der Waals surface area contributed by atoms with Crippen molar-refractivity contribution in [2.45, 2.75) is 31.7 Å². The van der Waals surface area contributed by atoms with Gasteiger partial charge in [0.15, 0.2) is 16.9 Å². The van der Waals surface area contributed by atoms with Gasteiger partial charge in [-0.3, -0.25) is 15.4 Å². The van der Waals surface area contributed by atoms with Crippen LogP contribution in [0.3, 0.4) is 0 Å². The number of carbonyl (C=O) groups is 4. The predicted molar refractivity (Wildman–Crippen MR) is 137 cm³/mol. The second-order valence-corrected chi connectivity index (χ2v) is 10.3. The number of ether oxygens (including phenoxy) is 4. The Morgan fingerprint density at radius 2 is 1.97 bits per heavy atom. The number of carbonyl (C=O) groups excluding carboxylic acids is 4. The van der Waals surface area contributed by atoms with Gasteiger partial charge in [-0.15, -0.1) is 11.3 Å². The molecule has 2 saturated heterocycles. The highest BCUT2D eigenvalue weighted by atomic mass is 32.1. The zero-order valence-corrected chi connectivity index (χ0v) is 22.2. The molecule has 3 aliphatic rings. The SMILES string of the molecule is COC(=O)c1csc(NC(=O)C(CC2CCOCC2)[N+]2(C3=C(Cc4ccccc4)OCO3)C(=O)CNC2=O)n1. The lowest BCUT2D eigenvalue weighted by Crippen LogP contribution is -2.64. The number of nitrogens with zero attached hydrogens (tertiary/aromatic N) is 2. The molecule has 2 fully saturated rings. The molecule has 39 heavy (non-hydrogen) atoms. The number of methoxy groups -OCH3 is 1. The van der Waals surface area contributed by atoms with Crippen LogP contribution in [-0.4, -0.2) is 73.0 Å². The standard InChI is InChI=1S/C26H28N4O8S/c1-35-24(33)18-14-39-25(28-18)29-22(32)19(11-17-7-9-36-10-8-17)30(21(31)13-27-26(30)34)23-20(37-15-38-23)12-16-5-3-2-4-6-16/h2-6,14,17,19H,7-13,15H2,1H3,(H-,27,28,29,32,34)/p+1. The zero-order chi connectivity index (χ0) is 27.4. The third-order valence-electron chi connectivity index (χ3n) is 7.10. The average Bonchev–Trinajstić information content (AvgIpc) is 3.68. The molecule has 2 unspecified atom stereocenters. The molecule has 2 N–H and O–H groups in total. The van der Waals surface area contributed by atoms with Crippen molar-refractivity contribution < 1.29 is 42.6 Å². The van der Waals surface area contributed by atoms with Gasteiger partial charge < -0.3 is 18.9 Å². The maximum atomic E-state index is 14.0. The zero-order valence-electron chi connectivity index (χ0n) is 21.3. The van der Waals surface area contributed by atoms with E-state index in [1.807, 2.05) is 30.3 Å². The molecule has 4 amide bonds. The lowest BCUT2D eigenvalue weighted by atomic mass is 9.90. The number of anilines is 1. The van der Waals surface area contributed by atoms with Crippen LogP contribution in [0.1, 0.15) is 35.3 Å². The van der Waals surface area contributed by atoms with Crippen LogP contribution in [0.4, 0.5) is 9.93 Å². The van der Waals surface area contributed by atoms with Gasteiger partial charge in [0.05, 0.1) is 7.11 Å². The number of quaternary nitrogens is 1. The number of hydrogen-bond acceptors (Lipinski definition) is 10. The predicted octanol–water partition coefficient (Wildman–Crippen LogP) is 2.54. The number of esters is 1. The Bertz CT molecular complexity index is 1270. The van der Waals surface area contributed by atoms with Gasteiger partial charge in [-0.05, 0) is 24.3 Å². The number of urea groups is 1. The summed E-state index contributed by atoms with van der Waals surface area (Å²) in [5, 5.41) is 6.95. The fourth-order valence-electron chi connectivity index (χ4n) is 5.14. The summed E-state index contributed by atoms with van der Waals surface area (Å²) in [5.41, 5.74) is 0.933. The number of rotatable bonds is 9. The third-order valence-corrected chi connectivity index (χ3v) is 7.85. The van der Waals surface area contributed by atoms with Crippen molar-refractivity contribution in [3.05, 3.63) is 58.6 Å². The largest absolute Gasteiger partial charge is 0.464 e. The molecule has 2 atom stereocenters. The molecule has 0 radical (unpaired) electrons. The summed E-state index contributed by atoms with van der Waals surface area (Å²) in [4.78, 5) is 57.4. The van der Waals surface area contributed by atoms with Crippen molar-refractivity contribution in [3.8, 4) is 0 Å². The normalized spacial score (nSPS) is 22.2. The van der Waals surface area contributed by atoms with Crippen molar-refractivity contribution in [1.82, 2.24) is 10.3 Å². The van der Waals surface area contributed by atoms with E-state index in [-0.39, 0.29) is 48.8 Å². The molecule has 12 nitrogen and oxygen atoms in total. The molecule has 0 bridgehead atoms. The first-order valence-electron chi connectivity index (χ1n) is 12.6. The monoisotopic (exact) mass is 557 g/mol. The van der Waals surface area contributed by atoms with Gasteiger partial charge in [-0.2, -0.15) is 0 Å². The van der Waals surface area contributed by atoms with Crippen molar-refractivity contribution in [1.29, 1.82) is 0 Å². The van der Waals surface area contributed by atoms with Gasteiger partial charge in [-0.1, -0.05) is 34.8 Å². The van der Waals surface area contributed by atoms with Crippen LogP contribution < -0.4 is 10.6 Å². The number of amides is 4. The second kappa shape index (κ2) is 11.5.